The number of carbonyl (C=O) groups is 1. The lowest BCUT2D eigenvalue weighted by molar-refractivity contribution is 0.0928. The molecule has 3 unspecified atom stereocenters. The summed E-state index contributed by atoms with van der Waals surface area (Å²) in [5.41, 5.74) is 6.92. The second kappa shape index (κ2) is 5.31. The maximum atomic E-state index is 12.2. The van der Waals surface area contributed by atoms with E-state index < -0.39 is 0 Å². The molecule has 0 bridgehead atoms. The minimum Gasteiger partial charge on any atom is -0.398 e. The maximum Gasteiger partial charge on any atom is 0.253 e. The molecule has 3 nitrogen and oxygen atoms in total. The van der Waals surface area contributed by atoms with Crippen LogP contribution in [0.2, 0.25) is 0 Å². The highest BCUT2D eigenvalue weighted by Crippen LogP contribution is 2.31. The summed E-state index contributed by atoms with van der Waals surface area (Å²) in [5, 5.41) is 3.10. The van der Waals surface area contributed by atoms with Crippen LogP contribution >= 0.6 is 15.9 Å². The van der Waals surface area contributed by atoms with Crippen LogP contribution in [0.25, 0.3) is 0 Å². The van der Waals surface area contributed by atoms with Crippen molar-refractivity contribution in [3.8, 4) is 0 Å². The van der Waals surface area contributed by atoms with Gasteiger partial charge in [-0.1, -0.05) is 29.8 Å². The quantitative estimate of drug-likeness (QED) is 0.824. The van der Waals surface area contributed by atoms with Gasteiger partial charge in [0.2, 0.25) is 0 Å². The van der Waals surface area contributed by atoms with Gasteiger partial charge in [-0.3, -0.25) is 4.79 Å². The molecular formula is C14H19BrN2O. The molecule has 1 fully saturated rings. The Morgan fingerprint density at radius 1 is 1.39 bits per heavy atom. The molecule has 4 heteroatoms. The summed E-state index contributed by atoms with van der Waals surface area (Å²) in [6.07, 6.45) is 2.24. The molecule has 0 aliphatic heterocycles. The van der Waals surface area contributed by atoms with Crippen LogP contribution in [0, 0.1) is 11.8 Å². The minimum absolute atomic E-state index is 0.0697. The molecular weight excluding hydrogens is 292 g/mol. The highest BCUT2D eigenvalue weighted by atomic mass is 79.9. The van der Waals surface area contributed by atoms with Crippen molar-refractivity contribution in [3.63, 3.8) is 0 Å². The standard InChI is InChI=1S/C14H19BrN2O/c1-8-3-6-13(9(8)2)17-14(18)11-7-10(15)4-5-12(11)16/h4-5,7-9,13H,3,6,16H2,1-2H3,(H,17,18). The van der Waals surface area contributed by atoms with Crippen molar-refractivity contribution >= 4 is 27.5 Å². The van der Waals surface area contributed by atoms with E-state index >= 15 is 0 Å². The smallest absolute Gasteiger partial charge is 0.253 e. The van der Waals surface area contributed by atoms with E-state index in [1.165, 1.54) is 6.42 Å². The monoisotopic (exact) mass is 310 g/mol. The molecule has 1 saturated carbocycles. The number of hydrogen-bond acceptors (Lipinski definition) is 2. The second-order valence-corrected chi connectivity index (χ2v) is 6.14. The van der Waals surface area contributed by atoms with Gasteiger partial charge >= 0.3 is 0 Å². The Hall–Kier alpha value is -1.03. The van der Waals surface area contributed by atoms with Crippen LogP contribution in [0.1, 0.15) is 37.0 Å². The Kier molecular flexibility index (Phi) is 3.95. The van der Waals surface area contributed by atoms with Gasteiger partial charge < -0.3 is 11.1 Å². The molecule has 0 spiro atoms. The largest absolute Gasteiger partial charge is 0.398 e. The number of nitrogens with two attached hydrogens (primary N) is 1. The molecule has 1 aliphatic carbocycles. The van der Waals surface area contributed by atoms with Crippen LogP contribution in [0.5, 0.6) is 0 Å². The van der Waals surface area contributed by atoms with Crippen LogP contribution < -0.4 is 11.1 Å². The van der Waals surface area contributed by atoms with Crippen molar-refractivity contribution in [1.82, 2.24) is 5.32 Å². The molecule has 98 valence electrons. The van der Waals surface area contributed by atoms with Crippen LogP contribution in [0.4, 0.5) is 5.69 Å². The Morgan fingerprint density at radius 3 is 2.72 bits per heavy atom. The first-order chi connectivity index (χ1) is 8.49. The predicted octanol–water partition coefficient (Wildman–Crippen LogP) is 3.20. The normalized spacial score (nSPS) is 27.2. The summed E-state index contributed by atoms with van der Waals surface area (Å²) in [7, 11) is 0. The van der Waals surface area contributed by atoms with E-state index in [1.807, 2.05) is 6.07 Å². The highest BCUT2D eigenvalue weighted by molar-refractivity contribution is 9.10. The van der Waals surface area contributed by atoms with E-state index in [0.717, 1.165) is 10.9 Å². The molecule has 18 heavy (non-hydrogen) atoms. The Labute approximate surface area is 116 Å². The van der Waals surface area contributed by atoms with Gasteiger partial charge in [-0.05, 0) is 42.9 Å². The van der Waals surface area contributed by atoms with Crippen molar-refractivity contribution in [2.24, 2.45) is 11.8 Å². The number of hydrogen-bond donors (Lipinski definition) is 2. The van der Waals surface area contributed by atoms with Crippen LogP contribution in [-0.4, -0.2) is 11.9 Å². The number of amides is 1. The first-order valence-corrected chi connectivity index (χ1v) is 7.14. The molecule has 1 aromatic carbocycles. The molecule has 1 aliphatic rings. The number of rotatable bonds is 2. The summed E-state index contributed by atoms with van der Waals surface area (Å²) >= 11 is 3.36. The Morgan fingerprint density at radius 2 is 2.11 bits per heavy atom. The number of benzene rings is 1. The lowest BCUT2D eigenvalue weighted by atomic mass is 9.97. The summed E-state index contributed by atoms with van der Waals surface area (Å²) in [5.74, 6) is 1.14. The first-order valence-electron chi connectivity index (χ1n) is 6.35. The van der Waals surface area contributed by atoms with E-state index in [0.29, 0.717) is 23.1 Å². The minimum atomic E-state index is -0.0697. The van der Waals surface area contributed by atoms with Gasteiger partial charge in [0.05, 0.1) is 5.56 Å². The van der Waals surface area contributed by atoms with Gasteiger partial charge in [-0.25, -0.2) is 0 Å². The van der Waals surface area contributed by atoms with E-state index in [-0.39, 0.29) is 11.9 Å². The number of nitrogen functional groups attached to an aromatic ring is 1. The third kappa shape index (κ3) is 2.69. The maximum absolute atomic E-state index is 12.2. The van der Waals surface area contributed by atoms with Crippen LogP contribution in [0.15, 0.2) is 22.7 Å². The topological polar surface area (TPSA) is 55.1 Å². The van der Waals surface area contributed by atoms with Gasteiger partial charge in [0, 0.05) is 16.2 Å². The van der Waals surface area contributed by atoms with Crippen molar-refractivity contribution in [1.29, 1.82) is 0 Å². The molecule has 1 aromatic rings. The highest BCUT2D eigenvalue weighted by Gasteiger charge is 2.31. The zero-order valence-corrected chi connectivity index (χ0v) is 12.3. The molecule has 3 N–H and O–H groups in total. The summed E-state index contributed by atoms with van der Waals surface area (Å²) in [4.78, 5) is 12.2. The molecule has 1 amide bonds. The zero-order chi connectivity index (χ0) is 13.3. The lowest BCUT2D eigenvalue weighted by Crippen LogP contribution is -2.37. The number of nitrogens with one attached hydrogen (secondary N) is 1. The predicted molar refractivity (Wildman–Crippen MR) is 77.4 cm³/mol. The summed E-state index contributed by atoms with van der Waals surface area (Å²) < 4.78 is 0.870. The fraction of sp³-hybridized carbons (Fsp3) is 0.500. The number of halogens is 1. The van der Waals surface area contributed by atoms with Crippen molar-refractivity contribution in [3.05, 3.63) is 28.2 Å². The first kappa shape index (κ1) is 13.4. The number of carbonyl (C=O) groups excluding carboxylic acids is 1. The van der Waals surface area contributed by atoms with E-state index in [2.05, 4.69) is 35.1 Å². The van der Waals surface area contributed by atoms with Crippen molar-refractivity contribution in [2.75, 3.05) is 5.73 Å². The third-order valence-corrected chi connectivity index (χ3v) is 4.53. The molecule has 0 heterocycles. The summed E-state index contributed by atoms with van der Waals surface area (Å²) in [6.45, 7) is 4.44. The van der Waals surface area contributed by atoms with Crippen molar-refractivity contribution < 1.29 is 4.79 Å². The van der Waals surface area contributed by atoms with E-state index in [4.69, 9.17) is 5.73 Å². The average Bonchev–Trinajstić information content (AvgIpc) is 2.64. The van der Waals surface area contributed by atoms with Gasteiger partial charge in [0.1, 0.15) is 0 Å². The summed E-state index contributed by atoms with van der Waals surface area (Å²) in [6, 6.07) is 5.63. The fourth-order valence-electron chi connectivity index (χ4n) is 2.54. The Balaban J connectivity index is 2.10. The molecule has 0 aromatic heterocycles. The Bertz CT molecular complexity index is 461. The van der Waals surface area contributed by atoms with Crippen LogP contribution in [0.3, 0.4) is 0 Å². The second-order valence-electron chi connectivity index (χ2n) is 5.23. The number of anilines is 1. The SMILES string of the molecule is CC1CCC(NC(=O)c2cc(Br)ccc2N)C1C. The molecule has 3 atom stereocenters. The van der Waals surface area contributed by atoms with E-state index in [1.54, 1.807) is 12.1 Å². The van der Waals surface area contributed by atoms with Gasteiger partial charge in [0.25, 0.3) is 5.91 Å². The van der Waals surface area contributed by atoms with Gasteiger partial charge in [-0.15, -0.1) is 0 Å². The van der Waals surface area contributed by atoms with Crippen molar-refractivity contribution in [2.45, 2.75) is 32.7 Å². The van der Waals surface area contributed by atoms with Crippen LogP contribution in [-0.2, 0) is 0 Å². The lowest BCUT2D eigenvalue weighted by Gasteiger charge is -2.20. The molecule has 2 rings (SSSR count). The van der Waals surface area contributed by atoms with Gasteiger partial charge in [-0.2, -0.15) is 0 Å². The molecule has 0 saturated heterocycles. The third-order valence-electron chi connectivity index (χ3n) is 4.04. The molecule has 0 radical (unpaired) electrons. The fourth-order valence-corrected chi connectivity index (χ4v) is 2.90. The average molecular weight is 311 g/mol. The van der Waals surface area contributed by atoms with E-state index in [9.17, 15) is 4.79 Å². The van der Waals surface area contributed by atoms with Gasteiger partial charge in [0.15, 0.2) is 0 Å². The zero-order valence-electron chi connectivity index (χ0n) is 10.7.